The molecule has 2 amide bonds. The summed E-state index contributed by atoms with van der Waals surface area (Å²) in [4.78, 5) is 29.9. The monoisotopic (exact) mass is 777 g/mol. The van der Waals surface area contributed by atoms with Crippen molar-refractivity contribution < 1.29 is 18.0 Å². The lowest BCUT2D eigenvalue weighted by molar-refractivity contribution is -0.140. The number of rotatable bonds is 13. The average molecular weight is 779 g/mol. The van der Waals surface area contributed by atoms with E-state index in [0.717, 1.165) is 13.4 Å². The lowest BCUT2D eigenvalue weighted by Gasteiger charge is -2.34. The molecule has 7 nitrogen and oxygen atoms in total. The number of nitrogens with zero attached hydrogens (tertiary/aromatic N) is 2. The number of amides is 2. The number of anilines is 1. The van der Waals surface area contributed by atoms with E-state index in [4.69, 9.17) is 23.2 Å². The van der Waals surface area contributed by atoms with E-state index in [9.17, 15) is 18.0 Å². The van der Waals surface area contributed by atoms with Crippen LogP contribution in [0, 0.1) is 3.57 Å². The van der Waals surface area contributed by atoms with E-state index in [1.54, 1.807) is 60.7 Å². The van der Waals surface area contributed by atoms with Gasteiger partial charge in [-0.05, 0) is 95.6 Å². The largest absolute Gasteiger partial charge is 0.352 e. The van der Waals surface area contributed by atoms with Gasteiger partial charge in [0.1, 0.15) is 12.6 Å². The molecular formula is C34H34Cl2IN3O4S. The number of nitrogens with one attached hydrogen (secondary N) is 1. The summed E-state index contributed by atoms with van der Waals surface area (Å²) in [5.74, 6) is -0.896. The van der Waals surface area contributed by atoms with E-state index in [0.29, 0.717) is 27.7 Å². The van der Waals surface area contributed by atoms with Crippen molar-refractivity contribution in [2.24, 2.45) is 0 Å². The van der Waals surface area contributed by atoms with E-state index < -0.39 is 28.5 Å². The molecule has 0 aliphatic rings. The van der Waals surface area contributed by atoms with Crippen LogP contribution >= 0.6 is 45.8 Å². The minimum Gasteiger partial charge on any atom is -0.352 e. The fourth-order valence-corrected chi connectivity index (χ4v) is 6.80. The number of sulfonamides is 1. The molecule has 0 fully saturated rings. The Morgan fingerprint density at radius 3 is 2.07 bits per heavy atom. The van der Waals surface area contributed by atoms with Crippen molar-refractivity contribution in [1.82, 2.24) is 10.2 Å². The Bertz CT molecular complexity index is 1710. The molecule has 45 heavy (non-hydrogen) atoms. The second-order valence-corrected chi connectivity index (χ2v) is 14.5. The highest BCUT2D eigenvalue weighted by atomic mass is 127. The van der Waals surface area contributed by atoms with Crippen LogP contribution in [0.3, 0.4) is 0 Å². The quantitative estimate of drug-likeness (QED) is 0.144. The van der Waals surface area contributed by atoms with Gasteiger partial charge in [-0.3, -0.25) is 13.9 Å². The molecule has 0 aliphatic carbocycles. The first-order valence-electron chi connectivity index (χ1n) is 14.4. The van der Waals surface area contributed by atoms with Gasteiger partial charge in [-0.1, -0.05) is 84.7 Å². The maximum atomic E-state index is 14.5. The number of carbonyl (C=O) groups is 2. The SMILES string of the molecule is CC[C@H](C)NC(=O)[C@H](Cc1ccccc1)N(Cc1ccc(Cl)c(Cl)c1)C(=O)CN(c1ccc(I)cc1)S(=O)(=O)c1ccccc1. The predicted octanol–water partition coefficient (Wildman–Crippen LogP) is 7.35. The van der Waals surface area contributed by atoms with E-state index in [1.807, 2.05) is 44.2 Å². The van der Waals surface area contributed by atoms with E-state index in [-0.39, 0.29) is 29.8 Å². The maximum Gasteiger partial charge on any atom is 0.264 e. The first kappa shape index (κ1) is 34.7. The van der Waals surface area contributed by atoms with Gasteiger partial charge in [0.05, 0.1) is 20.6 Å². The molecule has 0 spiro atoms. The summed E-state index contributed by atoms with van der Waals surface area (Å²) in [6.07, 6.45) is 0.908. The summed E-state index contributed by atoms with van der Waals surface area (Å²) < 4.78 is 30.1. The number of halogens is 3. The summed E-state index contributed by atoms with van der Waals surface area (Å²) >= 11 is 14.7. The Morgan fingerprint density at radius 2 is 1.47 bits per heavy atom. The maximum absolute atomic E-state index is 14.5. The fraction of sp³-hybridized carbons (Fsp3) is 0.235. The molecule has 0 heterocycles. The highest BCUT2D eigenvalue weighted by Gasteiger charge is 2.35. The molecule has 11 heteroatoms. The van der Waals surface area contributed by atoms with Gasteiger partial charge in [-0.15, -0.1) is 0 Å². The molecule has 0 saturated carbocycles. The summed E-state index contributed by atoms with van der Waals surface area (Å²) in [5.41, 5.74) is 1.81. The van der Waals surface area contributed by atoms with Crippen molar-refractivity contribution in [2.75, 3.05) is 10.8 Å². The molecule has 2 atom stereocenters. The molecule has 0 aromatic heterocycles. The Labute approximate surface area is 288 Å². The van der Waals surface area contributed by atoms with Crippen LogP contribution in [0.2, 0.25) is 10.0 Å². The van der Waals surface area contributed by atoms with Gasteiger partial charge >= 0.3 is 0 Å². The Morgan fingerprint density at radius 1 is 0.844 bits per heavy atom. The molecule has 0 unspecified atom stereocenters. The second-order valence-electron chi connectivity index (χ2n) is 10.6. The number of benzene rings is 4. The van der Waals surface area contributed by atoms with Crippen molar-refractivity contribution in [3.8, 4) is 0 Å². The van der Waals surface area contributed by atoms with E-state index >= 15 is 0 Å². The Balaban J connectivity index is 1.81. The van der Waals surface area contributed by atoms with Crippen molar-refractivity contribution >= 4 is 73.3 Å². The lowest BCUT2D eigenvalue weighted by atomic mass is 10.0. The molecule has 4 aromatic carbocycles. The third-order valence-electron chi connectivity index (χ3n) is 7.33. The number of hydrogen-bond acceptors (Lipinski definition) is 4. The Kier molecular flexibility index (Phi) is 12.3. The fourth-order valence-electron chi connectivity index (χ4n) is 4.69. The Hall–Kier alpha value is -3.12. The second kappa shape index (κ2) is 15.9. The lowest BCUT2D eigenvalue weighted by Crippen LogP contribution is -2.54. The summed E-state index contributed by atoms with van der Waals surface area (Å²) in [7, 11) is -4.16. The minimum absolute atomic E-state index is 0.00688. The van der Waals surface area contributed by atoms with Crippen LogP contribution in [0.5, 0.6) is 0 Å². The normalized spacial score (nSPS) is 12.6. The highest BCUT2D eigenvalue weighted by Crippen LogP contribution is 2.27. The van der Waals surface area contributed by atoms with Crippen LogP contribution in [-0.2, 0) is 32.6 Å². The molecule has 4 aromatic rings. The average Bonchev–Trinajstić information content (AvgIpc) is 3.04. The van der Waals surface area contributed by atoms with Gasteiger partial charge in [0.2, 0.25) is 11.8 Å². The van der Waals surface area contributed by atoms with Gasteiger partial charge < -0.3 is 10.2 Å². The highest BCUT2D eigenvalue weighted by molar-refractivity contribution is 14.1. The molecular weight excluding hydrogens is 744 g/mol. The number of hydrogen-bond donors (Lipinski definition) is 1. The molecule has 0 bridgehead atoms. The van der Waals surface area contributed by atoms with Gasteiger partial charge in [-0.25, -0.2) is 8.42 Å². The molecule has 0 aliphatic heterocycles. The predicted molar refractivity (Wildman–Crippen MR) is 189 cm³/mol. The summed E-state index contributed by atoms with van der Waals surface area (Å²) in [6.45, 7) is 3.31. The molecule has 0 radical (unpaired) electrons. The topological polar surface area (TPSA) is 86.8 Å². The van der Waals surface area contributed by atoms with Crippen LogP contribution in [-0.4, -0.2) is 43.8 Å². The third kappa shape index (κ3) is 9.22. The van der Waals surface area contributed by atoms with Crippen molar-refractivity contribution in [2.45, 2.75) is 50.2 Å². The van der Waals surface area contributed by atoms with Crippen LogP contribution in [0.25, 0.3) is 0 Å². The van der Waals surface area contributed by atoms with Gasteiger partial charge in [-0.2, -0.15) is 0 Å². The van der Waals surface area contributed by atoms with E-state index in [1.165, 1.54) is 17.0 Å². The smallest absolute Gasteiger partial charge is 0.264 e. The standard InChI is InChI=1S/C34H34Cl2IN3O4S/c1-3-24(2)38-34(42)32(21-25-10-6-4-7-11-25)39(22-26-14-19-30(35)31(36)20-26)33(41)23-40(28-17-15-27(37)16-18-28)45(43,44)29-12-8-5-9-13-29/h4-20,24,32H,3,21-23H2,1-2H3,(H,38,42)/t24-,32-/m0/s1. The zero-order valence-electron chi connectivity index (χ0n) is 24.9. The minimum atomic E-state index is -4.16. The van der Waals surface area contributed by atoms with Gasteiger partial charge in [0, 0.05) is 22.6 Å². The van der Waals surface area contributed by atoms with Crippen molar-refractivity contribution in [3.63, 3.8) is 0 Å². The molecule has 236 valence electrons. The zero-order valence-corrected chi connectivity index (χ0v) is 29.4. The van der Waals surface area contributed by atoms with Crippen LogP contribution in [0.15, 0.2) is 108 Å². The summed E-state index contributed by atoms with van der Waals surface area (Å²) in [6, 6.07) is 28.2. The molecule has 0 saturated heterocycles. The van der Waals surface area contributed by atoms with Gasteiger partial charge in [0.15, 0.2) is 0 Å². The summed E-state index contributed by atoms with van der Waals surface area (Å²) in [5, 5.41) is 3.68. The molecule has 4 rings (SSSR count). The number of carbonyl (C=O) groups excluding carboxylic acids is 2. The van der Waals surface area contributed by atoms with Crippen LogP contribution in [0.4, 0.5) is 5.69 Å². The third-order valence-corrected chi connectivity index (χ3v) is 10.6. The van der Waals surface area contributed by atoms with Crippen LogP contribution in [0.1, 0.15) is 31.4 Å². The first-order valence-corrected chi connectivity index (χ1v) is 17.7. The zero-order chi connectivity index (χ0) is 32.6. The van der Waals surface area contributed by atoms with E-state index in [2.05, 4.69) is 27.9 Å². The van der Waals surface area contributed by atoms with Crippen LogP contribution < -0.4 is 9.62 Å². The van der Waals surface area contributed by atoms with Crippen molar-refractivity contribution in [3.05, 3.63) is 128 Å². The van der Waals surface area contributed by atoms with Gasteiger partial charge in [0.25, 0.3) is 10.0 Å². The van der Waals surface area contributed by atoms with Crippen molar-refractivity contribution in [1.29, 1.82) is 0 Å². The molecule has 1 N–H and O–H groups in total. The first-order chi connectivity index (χ1) is 21.5.